The van der Waals surface area contributed by atoms with E-state index in [2.05, 4.69) is 10.2 Å². The molecule has 0 radical (unpaired) electrons. The number of halogens is 3. The van der Waals surface area contributed by atoms with Gasteiger partial charge in [-0.2, -0.15) is 13.2 Å². The maximum absolute atomic E-state index is 13.9. The van der Waals surface area contributed by atoms with Gasteiger partial charge >= 0.3 is 5.51 Å². The quantitative estimate of drug-likeness (QED) is 0.275. The Morgan fingerprint density at radius 1 is 0.953 bits per heavy atom. The van der Waals surface area contributed by atoms with Crippen molar-refractivity contribution >= 4 is 43.0 Å². The van der Waals surface area contributed by atoms with Gasteiger partial charge in [0.05, 0.1) is 34.3 Å². The molecule has 3 aromatic carbocycles. The van der Waals surface area contributed by atoms with Crippen molar-refractivity contribution in [3.63, 3.8) is 0 Å². The highest BCUT2D eigenvalue weighted by molar-refractivity contribution is 7.99. The number of amides is 1. The maximum atomic E-state index is 13.9. The first-order valence-electron chi connectivity index (χ1n) is 13.1. The Labute approximate surface area is 252 Å². The zero-order valence-corrected chi connectivity index (χ0v) is 25.2. The summed E-state index contributed by atoms with van der Waals surface area (Å²) in [6, 6.07) is 16.2. The van der Waals surface area contributed by atoms with E-state index in [9.17, 15) is 34.8 Å². The normalized spacial score (nSPS) is 15.6. The Bertz CT molecular complexity index is 1650. The van der Waals surface area contributed by atoms with Crippen LogP contribution >= 0.6 is 11.8 Å². The number of nitrogens with zero attached hydrogens (tertiary/aromatic N) is 1. The number of carbonyl (C=O) groups excluding carboxylic acids is 1. The number of primary amides is 1. The topological polar surface area (TPSA) is 136 Å². The van der Waals surface area contributed by atoms with E-state index in [-0.39, 0.29) is 11.3 Å². The largest absolute Gasteiger partial charge is 0.501 e. The van der Waals surface area contributed by atoms with E-state index >= 15 is 0 Å². The van der Waals surface area contributed by atoms with Crippen LogP contribution in [0, 0.1) is 0 Å². The van der Waals surface area contributed by atoms with Gasteiger partial charge in [-0.3, -0.25) is 9.69 Å². The zero-order chi connectivity index (χ0) is 31.3. The average Bonchev–Trinajstić information content (AvgIpc) is 2.99. The summed E-state index contributed by atoms with van der Waals surface area (Å²) in [7, 11) is -10.6. The van der Waals surface area contributed by atoms with Crippen LogP contribution in [0.2, 0.25) is 0 Å². The number of hydrogen-bond donors (Lipinski definition) is 2. The van der Waals surface area contributed by atoms with Crippen LogP contribution in [-0.4, -0.2) is 77.8 Å². The van der Waals surface area contributed by atoms with Crippen LogP contribution in [0.3, 0.4) is 0 Å². The molecule has 232 valence electrons. The van der Waals surface area contributed by atoms with Gasteiger partial charge in [-0.25, -0.2) is 16.8 Å². The summed E-state index contributed by atoms with van der Waals surface area (Å²) in [5.74, 6) is -0.689. The SMILES string of the molecule is NC(=O)c1ccccc1S(=O)(=O)c1ccc(NC(CCN2CCOCC2)CSc2ccccc2)c(S(=O)(=O)C(F)(F)F)c1. The minimum Gasteiger partial charge on any atom is -0.380 e. The maximum Gasteiger partial charge on any atom is 0.501 e. The Balaban J connectivity index is 1.73. The number of nitrogens with two attached hydrogens (primary N) is 1. The molecule has 0 spiro atoms. The molecule has 0 aromatic heterocycles. The molecule has 0 bridgehead atoms. The Hall–Kier alpha value is -3.11. The fraction of sp³-hybridized carbons (Fsp3) is 0.321. The molecule has 1 unspecified atom stereocenters. The predicted molar refractivity (Wildman–Crippen MR) is 157 cm³/mol. The van der Waals surface area contributed by atoms with Gasteiger partial charge in [-0.05, 0) is 48.9 Å². The van der Waals surface area contributed by atoms with E-state index in [1.54, 1.807) is 0 Å². The first-order chi connectivity index (χ1) is 20.3. The minimum absolute atomic E-state index is 0.381. The molecule has 1 aliphatic rings. The molecule has 0 aliphatic carbocycles. The smallest absolute Gasteiger partial charge is 0.380 e. The lowest BCUT2D eigenvalue weighted by Gasteiger charge is -2.29. The second-order valence-corrected chi connectivity index (χ2v) is 14.6. The number of morpholine rings is 1. The molecule has 1 saturated heterocycles. The second kappa shape index (κ2) is 13.7. The van der Waals surface area contributed by atoms with Crippen molar-refractivity contribution in [2.75, 3.05) is 43.9 Å². The fourth-order valence-electron chi connectivity index (χ4n) is 4.46. The molecule has 1 heterocycles. The van der Waals surface area contributed by atoms with Gasteiger partial charge in [0.15, 0.2) is 0 Å². The first kappa shape index (κ1) is 32.8. The third-order valence-corrected chi connectivity index (χ3v) is 11.3. The van der Waals surface area contributed by atoms with E-state index in [0.29, 0.717) is 51.1 Å². The third kappa shape index (κ3) is 7.89. The van der Waals surface area contributed by atoms with Crippen molar-refractivity contribution in [3.05, 3.63) is 78.4 Å². The highest BCUT2D eigenvalue weighted by Crippen LogP contribution is 2.38. The summed E-state index contributed by atoms with van der Waals surface area (Å²) in [6.07, 6.45) is 0.456. The number of ether oxygens (including phenoxy) is 1. The van der Waals surface area contributed by atoms with Crippen LogP contribution < -0.4 is 11.1 Å². The Kier molecular flexibility index (Phi) is 10.4. The summed E-state index contributed by atoms with van der Waals surface area (Å²) in [4.78, 5) is 12.4. The number of nitrogens with one attached hydrogen (secondary N) is 1. The van der Waals surface area contributed by atoms with Crippen LogP contribution in [0.4, 0.5) is 18.9 Å². The number of sulfone groups is 2. The summed E-state index contributed by atoms with van der Waals surface area (Å²) >= 11 is 1.45. The monoisotopic (exact) mass is 657 g/mol. The zero-order valence-electron chi connectivity index (χ0n) is 22.8. The molecular weight excluding hydrogens is 628 g/mol. The second-order valence-electron chi connectivity index (χ2n) is 9.68. The number of alkyl halides is 3. The van der Waals surface area contributed by atoms with Crippen LogP contribution in [0.5, 0.6) is 0 Å². The van der Waals surface area contributed by atoms with E-state index in [1.807, 2.05) is 30.3 Å². The fourth-order valence-corrected chi connectivity index (χ4v) is 7.97. The first-order valence-corrected chi connectivity index (χ1v) is 17.1. The molecule has 43 heavy (non-hydrogen) atoms. The van der Waals surface area contributed by atoms with Gasteiger partial charge in [0.1, 0.15) is 4.90 Å². The Morgan fingerprint density at radius 3 is 2.26 bits per heavy atom. The van der Waals surface area contributed by atoms with Gasteiger partial charge in [-0.15, -0.1) is 11.8 Å². The number of anilines is 1. The van der Waals surface area contributed by atoms with Gasteiger partial charge < -0.3 is 15.8 Å². The lowest BCUT2D eigenvalue weighted by atomic mass is 10.2. The molecule has 0 saturated carbocycles. The lowest BCUT2D eigenvalue weighted by Crippen LogP contribution is -2.39. The molecule has 9 nitrogen and oxygen atoms in total. The van der Waals surface area contributed by atoms with Gasteiger partial charge in [0.2, 0.25) is 15.7 Å². The van der Waals surface area contributed by atoms with Crippen molar-refractivity contribution in [1.29, 1.82) is 0 Å². The molecule has 3 aromatic rings. The van der Waals surface area contributed by atoms with Crippen LogP contribution in [0.1, 0.15) is 16.8 Å². The highest BCUT2D eigenvalue weighted by Gasteiger charge is 2.48. The number of benzene rings is 3. The summed E-state index contributed by atoms with van der Waals surface area (Å²) in [5.41, 5.74) is -1.17. The number of thioether (sulfide) groups is 1. The number of carbonyl (C=O) groups is 1. The summed E-state index contributed by atoms with van der Waals surface area (Å²) < 4.78 is 99.4. The molecule has 15 heteroatoms. The van der Waals surface area contributed by atoms with Crippen LogP contribution in [-0.2, 0) is 24.4 Å². The van der Waals surface area contributed by atoms with E-state index in [1.165, 1.54) is 23.9 Å². The summed E-state index contributed by atoms with van der Waals surface area (Å²) in [5, 5.41) is 2.96. The average molecular weight is 658 g/mol. The van der Waals surface area contributed by atoms with Crippen molar-refractivity contribution < 1.29 is 39.5 Å². The third-order valence-electron chi connectivity index (χ3n) is 6.75. The summed E-state index contributed by atoms with van der Waals surface area (Å²) in [6.45, 7) is 3.06. The van der Waals surface area contributed by atoms with Gasteiger partial charge in [-0.1, -0.05) is 30.3 Å². The molecular formula is C28H30F3N3O6S3. The number of hydrogen-bond acceptors (Lipinski definition) is 9. The van der Waals surface area contributed by atoms with Crippen molar-refractivity contribution in [2.45, 2.75) is 37.6 Å². The Morgan fingerprint density at radius 2 is 1.60 bits per heavy atom. The van der Waals surface area contributed by atoms with Gasteiger partial charge in [0, 0.05) is 36.3 Å². The van der Waals surface area contributed by atoms with E-state index in [0.717, 1.165) is 29.2 Å². The van der Waals surface area contributed by atoms with Crippen molar-refractivity contribution in [3.8, 4) is 0 Å². The molecule has 1 amide bonds. The molecule has 1 fully saturated rings. The molecule has 1 atom stereocenters. The van der Waals surface area contributed by atoms with Crippen molar-refractivity contribution in [1.82, 2.24) is 4.90 Å². The standard InChI is InChI=1S/C28H30F3N3O6S3/c29-28(30,31)43(38,39)26-18-22(42(36,37)25-9-5-4-8-23(25)27(32)35)10-11-24(26)33-20(12-13-34-14-16-40-17-15-34)19-41-21-6-2-1-3-7-21/h1-11,18,20,33H,12-17,19H2,(H2,32,35). The number of rotatable bonds is 12. The van der Waals surface area contributed by atoms with E-state index < -0.39 is 51.8 Å². The van der Waals surface area contributed by atoms with Crippen molar-refractivity contribution in [2.24, 2.45) is 5.73 Å². The lowest BCUT2D eigenvalue weighted by molar-refractivity contribution is -0.0435. The molecule has 4 rings (SSSR count). The van der Waals surface area contributed by atoms with Gasteiger partial charge in [0.25, 0.3) is 9.84 Å². The van der Waals surface area contributed by atoms with E-state index in [4.69, 9.17) is 10.5 Å². The van der Waals surface area contributed by atoms with Crippen LogP contribution in [0.15, 0.2) is 92.4 Å². The predicted octanol–water partition coefficient (Wildman–Crippen LogP) is 4.21. The molecule has 3 N–H and O–H groups in total. The van der Waals surface area contributed by atoms with Crippen LogP contribution in [0.25, 0.3) is 0 Å². The highest BCUT2D eigenvalue weighted by atomic mass is 32.2. The minimum atomic E-state index is -6.00. The molecule has 1 aliphatic heterocycles.